The Morgan fingerprint density at radius 3 is 2.25 bits per heavy atom. The molecule has 3 nitrogen and oxygen atoms in total. The van der Waals surface area contributed by atoms with Crippen LogP contribution in [0.4, 0.5) is 4.79 Å². The van der Waals surface area contributed by atoms with Crippen molar-refractivity contribution in [1.82, 2.24) is 5.32 Å². The van der Waals surface area contributed by atoms with Crippen molar-refractivity contribution in [2.24, 2.45) is 0 Å². The first-order valence-electron chi connectivity index (χ1n) is 6.41. The standard InChI is InChI=1S/C16H15NO2.ClH/c18-16-17-15(10-11-19-16)14-8-6-13(7-9-14)12-4-2-1-3-5-12;/h1-9,15H,10-11H2,(H,17,18);1H/t15-;/m0./s1. The maximum absolute atomic E-state index is 11.2. The molecule has 1 amide bonds. The topological polar surface area (TPSA) is 38.3 Å². The van der Waals surface area contributed by atoms with Gasteiger partial charge in [-0.1, -0.05) is 54.6 Å². The lowest BCUT2D eigenvalue weighted by Gasteiger charge is -2.23. The van der Waals surface area contributed by atoms with Crippen LogP contribution in [-0.2, 0) is 4.74 Å². The minimum Gasteiger partial charge on any atom is -0.449 e. The molecule has 0 bridgehead atoms. The summed E-state index contributed by atoms with van der Waals surface area (Å²) in [5.41, 5.74) is 3.50. The highest BCUT2D eigenvalue weighted by Gasteiger charge is 2.20. The molecule has 0 radical (unpaired) electrons. The van der Waals surface area contributed by atoms with Gasteiger partial charge in [0.2, 0.25) is 0 Å². The number of ether oxygens (including phenoxy) is 1. The molecule has 3 rings (SSSR count). The minimum absolute atomic E-state index is 0. The molecular formula is C16H16ClNO2. The van der Waals surface area contributed by atoms with Crippen LogP contribution < -0.4 is 5.32 Å². The monoisotopic (exact) mass is 289 g/mol. The molecule has 0 saturated carbocycles. The first-order valence-corrected chi connectivity index (χ1v) is 6.41. The Labute approximate surface area is 124 Å². The third-order valence-corrected chi connectivity index (χ3v) is 3.35. The molecule has 0 aromatic heterocycles. The molecule has 2 aromatic carbocycles. The van der Waals surface area contributed by atoms with E-state index >= 15 is 0 Å². The highest BCUT2D eigenvalue weighted by molar-refractivity contribution is 5.85. The van der Waals surface area contributed by atoms with Crippen LogP contribution in [0.25, 0.3) is 11.1 Å². The Bertz CT molecular complexity index is 569. The second kappa shape index (κ2) is 6.44. The number of carbonyl (C=O) groups excluding carboxylic acids is 1. The third-order valence-electron chi connectivity index (χ3n) is 3.35. The molecule has 1 aliphatic heterocycles. The lowest BCUT2D eigenvalue weighted by atomic mass is 9.99. The molecule has 104 valence electrons. The number of carbonyl (C=O) groups is 1. The summed E-state index contributed by atoms with van der Waals surface area (Å²) in [6.45, 7) is 0.483. The zero-order valence-electron chi connectivity index (χ0n) is 10.9. The van der Waals surface area contributed by atoms with Crippen molar-refractivity contribution >= 4 is 18.5 Å². The van der Waals surface area contributed by atoms with Gasteiger partial charge in [-0.15, -0.1) is 12.4 Å². The van der Waals surface area contributed by atoms with Crippen molar-refractivity contribution < 1.29 is 9.53 Å². The van der Waals surface area contributed by atoms with Gasteiger partial charge in [-0.25, -0.2) is 4.79 Å². The molecule has 0 unspecified atom stereocenters. The first-order chi connectivity index (χ1) is 9.33. The van der Waals surface area contributed by atoms with Gasteiger partial charge < -0.3 is 10.1 Å². The smallest absolute Gasteiger partial charge is 0.407 e. The van der Waals surface area contributed by atoms with Gasteiger partial charge in [-0.3, -0.25) is 0 Å². The number of benzene rings is 2. The van der Waals surface area contributed by atoms with E-state index in [0.717, 1.165) is 12.0 Å². The van der Waals surface area contributed by atoms with Crippen LogP contribution in [0.2, 0.25) is 0 Å². The van der Waals surface area contributed by atoms with Gasteiger partial charge in [-0.05, 0) is 16.7 Å². The Kier molecular flexibility index (Phi) is 4.64. The molecule has 4 heteroatoms. The Hall–Kier alpha value is -2.00. The molecule has 0 spiro atoms. The van der Waals surface area contributed by atoms with Gasteiger partial charge >= 0.3 is 6.09 Å². The van der Waals surface area contributed by atoms with Gasteiger partial charge in [0, 0.05) is 6.42 Å². The van der Waals surface area contributed by atoms with Crippen LogP contribution in [0.15, 0.2) is 54.6 Å². The van der Waals surface area contributed by atoms with Gasteiger partial charge in [0.1, 0.15) is 0 Å². The van der Waals surface area contributed by atoms with Gasteiger partial charge in [0.15, 0.2) is 0 Å². The number of nitrogens with one attached hydrogen (secondary N) is 1. The van der Waals surface area contributed by atoms with Crippen LogP contribution in [0, 0.1) is 0 Å². The van der Waals surface area contributed by atoms with E-state index in [0.29, 0.717) is 6.61 Å². The molecule has 1 atom stereocenters. The summed E-state index contributed by atoms with van der Waals surface area (Å²) in [4.78, 5) is 11.2. The third kappa shape index (κ3) is 3.11. The molecule has 0 aliphatic carbocycles. The van der Waals surface area contributed by atoms with Crippen molar-refractivity contribution in [3.8, 4) is 11.1 Å². The lowest BCUT2D eigenvalue weighted by molar-refractivity contribution is 0.115. The summed E-state index contributed by atoms with van der Waals surface area (Å²) in [5.74, 6) is 0. The number of hydrogen-bond acceptors (Lipinski definition) is 2. The summed E-state index contributed by atoms with van der Waals surface area (Å²) in [5, 5.41) is 2.83. The molecule has 1 heterocycles. The fourth-order valence-corrected chi connectivity index (χ4v) is 2.31. The van der Waals surface area contributed by atoms with Crippen molar-refractivity contribution in [1.29, 1.82) is 0 Å². The number of hydrogen-bond donors (Lipinski definition) is 1. The van der Waals surface area contributed by atoms with Crippen molar-refractivity contribution in [3.05, 3.63) is 60.2 Å². The van der Waals surface area contributed by atoms with E-state index in [1.54, 1.807) is 0 Å². The SMILES string of the molecule is Cl.O=C1N[C@H](c2ccc(-c3ccccc3)cc2)CCO1. The Morgan fingerprint density at radius 1 is 0.950 bits per heavy atom. The van der Waals surface area contributed by atoms with Crippen LogP contribution in [0.1, 0.15) is 18.0 Å². The maximum Gasteiger partial charge on any atom is 0.407 e. The number of rotatable bonds is 2. The van der Waals surface area contributed by atoms with Crippen LogP contribution in [-0.4, -0.2) is 12.7 Å². The fourth-order valence-electron chi connectivity index (χ4n) is 2.31. The summed E-state index contributed by atoms with van der Waals surface area (Å²) < 4.78 is 4.87. The highest BCUT2D eigenvalue weighted by atomic mass is 35.5. The van der Waals surface area contributed by atoms with Gasteiger partial charge in [0.25, 0.3) is 0 Å². The maximum atomic E-state index is 11.2. The van der Waals surface area contributed by atoms with Crippen LogP contribution in [0.5, 0.6) is 0 Å². The van der Waals surface area contributed by atoms with Crippen molar-refractivity contribution in [2.45, 2.75) is 12.5 Å². The fraction of sp³-hybridized carbons (Fsp3) is 0.188. The molecule has 1 aliphatic rings. The van der Waals surface area contributed by atoms with Gasteiger partial charge in [0.05, 0.1) is 12.6 Å². The van der Waals surface area contributed by atoms with Crippen molar-refractivity contribution in [2.75, 3.05) is 6.61 Å². The average molecular weight is 290 g/mol. The zero-order chi connectivity index (χ0) is 13.1. The number of alkyl carbamates (subject to hydrolysis) is 1. The minimum atomic E-state index is -0.330. The highest BCUT2D eigenvalue weighted by Crippen LogP contribution is 2.24. The largest absolute Gasteiger partial charge is 0.449 e. The Morgan fingerprint density at radius 2 is 1.60 bits per heavy atom. The van der Waals surface area contributed by atoms with E-state index < -0.39 is 0 Å². The van der Waals surface area contributed by atoms with E-state index in [-0.39, 0.29) is 24.5 Å². The molecular weight excluding hydrogens is 274 g/mol. The summed E-state index contributed by atoms with van der Waals surface area (Å²) in [6.07, 6.45) is 0.486. The lowest BCUT2D eigenvalue weighted by Crippen LogP contribution is -2.35. The molecule has 1 N–H and O–H groups in total. The number of cyclic esters (lactones) is 1. The van der Waals surface area contributed by atoms with E-state index in [9.17, 15) is 4.79 Å². The summed E-state index contributed by atoms with van der Waals surface area (Å²) in [7, 11) is 0. The predicted octanol–water partition coefficient (Wildman–Crippen LogP) is 3.95. The predicted molar refractivity (Wildman–Crippen MR) is 81.0 cm³/mol. The summed E-state index contributed by atoms with van der Waals surface area (Å²) in [6, 6.07) is 18.6. The molecule has 2 aromatic rings. The first kappa shape index (κ1) is 14.4. The van der Waals surface area contributed by atoms with Crippen LogP contribution in [0.3, 0.4) is 0 Å². The zero-order valence-corrected chi connectivity index (χ0v) is 11.7. The summed E-state index contributed by atoms with van der Waals surface area (Å²) >= 11 is 0. The molecule has 1 fully saturated rings. The quantitative estimate of drug-likeness (QED) is 0.909. The van der Waals surface area contributed by atoms with E-state index in [1.807, 2.05) is 18.2 Å². The molecule has 20 heavy (non-hydrogen) atoms. The van der Waals surface area contributed by atoms with Gasteiger partial charge in [-0.2, -0.15) is 0 Å². The second-order valence-corrected chi connectivity index (χ2v) is 4.61. The van der Waals surface area contributed by atoms with Crippen LogP contribution >= 0.6 is 12.4 Å². The second-order valence-electron chi connectivity index (χ2n) is 4.61. The average Bonchev–Trinajstić information content (AvgIpc) is 2.48. The number of halogens is 1. The number of amides is 1. The van der Waals surface area contributed by atoms with E-state index in [1.165, 1.54) is 11.1 Å². The van der Waals surface area contributed by atoms with E-state index in [4.69, 9.17) is 4.74 Å². The van der Waals surface area contributed by atoms with E-state index in [2.05, 4.69) is 41.7 Å². The normalized spacial score (nSPS) is 17.6. The Balaban J connectivity index is 0.00000147. The molecule has 1 saturated heterocycles. The van der Waals surface area contributed by atoms with Crippen molar-refractivity contribution in [3.63, 3.8) is 0 Å².